The van der Waals surface area contributed by atoms with Crippen LogP contribution < -0.4 is 21.9 Å². The van der Waals surface area contributed by atoms with Gasteiger partial charge in [-0.3, -0.25) is 19.1 Å². The van der Waals surface area contributed by atoms with Crippen LogP contribution in [0, 0.1) is 5.92 Å². The molecule has 2 aromatic carbocycles. The van der Waals surface area contributed by atoms with Crippen molar-refractivity contribution < 1.29 is 9.21 Å². The molecular weight excluding hydrogens is 432 g/mol. The molecule has 2 heterocycles. The summed E-state index contributed by atoms with van der Waals surface area (Å²) in [4.78, 5) is 42.6. The first-order valence-corrected chi connectivity index (χ1v) is 11.6. The van der Waals surface area contributed by atoms with Gasteiger partial charge in [0.25, 0.3) is 5.56 Å². The minimum atomic E-state index is -0.658. The van der Waals surface area contributed by atoms with Crippen molar-refractivity contribution in [3.63, 3.8) is 0 Å². The van der Waals surface area contributed by atoms with E-state index in [0.29, 0.717) is 25.1 Å². The summed E-state index contributed by atoms with van der Waals surface area (Å²) < 4.78 is 7.07. The van der Waals surface area contributed by atoms with Crippen LogP contribution in [-0.2, 0) is 17.8 Å². The second kappa shape index (κ2) is 9.59. The van der Waals surface area contributed by atoms with E-state index in [4.69, 9.17) is 10.2 Å². The van der Waals surface area contributed by atoms with Gasteiger partial charge in [0.05, 0.1) is 12.7 Å². The SMILES string of the molecule is CCCCN(C(=O)Cc1coc2ccc3ccccc3c12)c1c(N)n(CC(C)C)c(=O)[nH]c1=O. The van der Waals surface area contributed by atoms with E-state index in [1.807, 2.05) is 57.2 Å². The molecule has 0 aliphatic heterocycles. The van der Waals surface area contributed by atoms with E-state index in [9.17, 15) is 14.4 Å². The van der Waals surface area contributed by atoms with Gasteiger partial charge in [0, 0.05) is 24.0 Å². The molecule has 0 saturated heterocycles. The highest BCUT2D eigenvalue weighted by molar-refractivity contribution is 6.09. The molecule has 8 nitrogen and oxygen atoms in total. The number of fused-ring (bicyclic) bond motifs is 3. The van der Waals surface area contributed by atoms with Crippen molar-refractivity contribution in [3.8, 4) is 0 Å². The zero-order chi connectivity index (χ0) is 24.4. The smallest absolute Gasteiger partial charge is 0.330 e. The summed E-state index contributed by atoms with van der Waals surface area (Å²) in [6.07, 6.45) is 3.14. The maximum atomic E-state index is 13.6. The lowest BCUT2D eigenvalue weighted by atomic mass is 10.0. The standard InChI is InChI=1S/C26H30N4O4/c1-4-5-12-29(23-24(27)30(14-16(2)3)26(33)28-25(23)32)21(31)13-18-15-34-20-11-10-17-8-6-7-9-19(17)22(18)20/h6-11,15-16H,4-5,12-14,27H2,1-3H3,(H,28,32,33). The third kappa shape index (κ3) is 4.35. The molecule has 4 rings (SSSR count). The fourth-order valence-electron chi connectivity index (χ4n) is 4.32. The minimum absolute atomic E-state index is 0.00871. The molecule has 0 spiro atoms. The molecule has 4 aromatic rings. The number of carbonyl (C=O) groups excluding carboxylic acids is 1. The van der Waals surface area contributed by atoms with Gasteiger partial charge in [-0.15, -0.1) is 0 Å². The number of anilines is 2. The quantitative estimate of drug-likeness (QED) is 0.410. The van der Waals surface area contributed by atoms with Gasteiger partial charge in [-0.1, -0.05) is 57.5 Å². The van der Waals surface area contributed by atoms with Gasteiger partial charge < -0.3 is 15.1 Å². The van der Waals surface area contributed by atoms with Gasteiger partial charge >= 0.3 is 5.69 Å². The highest BCUT2D eigenvalue weighted by Crippen LogP contribution is 2.31. The number of carbonyl (C=O) groups is 1. The Kier molecular flexibility index (Phi) is 6.58. The number of H-pyrrole nitrogens is 1. The highest BCUT2D eigenvalue weighted by atomic mass is 16.3. The number of benzene rings is 2. The van der Waals surface area contributed by atoms with E-state index >= 15 is 0 Å². The van der Waals surface area contributed by atoms with Gasteiger partial charge in [-0.05, 0) is 29.2 Å². The fraction of sp³-hybridized carbons (Fsp3) is 0.346. The molecule has 178 valence electrons. The summed E-state index contributed by atoms with van der Waals surface area (Å²) in [6.45, 7) is 6.56. The van der Waals surface area contributed by atoms with Crippen LogP contribution in [0.2, 0.25) is 0 Å². The maximum absolute atomic E-state index is 13.6. The topological polar surface area (TPSA) is 114 Å². The Morgan fingerprint density at radius 2 is 1.94 bits per heavy atom. The number of unbranched alkanes of at least 4 members (excludes halogenated alkanes) is 1. The van der Waals surface area contributed by atoms with Crippen LogP contribution in [0.25, 0.3) is 21.7 Å². The van der Waals surface area contributed by atoms with Crippen LogP contribution in [0.3, 0.4) is 0 Å². The number of rotatable bonds is 8. The molecule has 0 radical (unpaired) electrons. The highest BCUT2D eigenvalue weighted by Gasteiger charge is 2.25. The van der Waals surface area contributed by atoms with E-state index < -0.39 is 11.2 Å². The molecule has 2 aromatic heterocycles. The Morgan fingerprint density at radius 1 is 1.18 bits per heavy atom. The molecule has 34 heavy (non-hydrogen) atoms. The van der Waals surface area contributed by atoms with Crippen LogP contribution in [0.1, 0.15) is 39.2 Å². The zero-order valence-corrected chi connectivity index (χ0v) is 19.8. The maximum Gasteiger partial charge on any atom is 0.330 e. The molecule has 1 amide bonds. The average molecular weight is 463 g/mol. The number of nitrogens with one attached hydrogen (secondary N) is 1. The first-order chi connectivity index (χ1) is 16.3. The van der Waals surface area contributed by atoms with Crippen LogP contribution in [-0.4, -0.2) is 22.0 Å². The summed E-state index contributed by atoms with van der Waals surface area (Å²) in [6, 6.07) is 11.8. The molecule has 0 aliphatic rings. The molecular formula is C26H30N4O4. The van der Waals surface area contributed by atoms with Gasteiger partial charge in [-0.25, -0.2) is 4.79 Å². The minimum Gasteiger partial charge on any atom is -0.464 e. The number of nitrogens with two attached hydrogens (primary N) is 1. The Balaban J connectivity index is 1.78. The summed E-state index contributed by atoms with van der Waals surface area (Å²) >= 11 is 0. The van der Waals surface area contributed by atoms with Crippen LogP contribution in [0.4, 0.5) is 11.5 Å². The second-order valence-corrected chi connectivity index (χ2v) is 8.99. The Bertz CT molecular complexity index is 1460. The van der Waals surface area contributed by atoms with Crippen molar-refractivity contribution in [3.05, 3.63) is 69.1 Å². The van der Waals surface area contributed by atoms with E-state index in [1.54, 1.807) is 6.26 Å². The Morgan fingerprint density at radius 3 is 2.68 bits per heavy atom. The molecule has 0 fully saturated rings. The van der Waals surface area contributed by atoms with Crippen LogP contribution in [0.15, 0.2) is 56.7 Å². The Labute approximate surface area is 197 Å². The number of amides is 1. The predicted octanol–water partition coefficient (Wildman–Crippen LogP) is 4.05. The van der Waals surface area contributed by atoms with Gasteiger partial charge in [0.15, 0.2) is 5.69 Å². The summed E-state index contributed by atoms with van der Waals surface area (Å²) in [5, 5.41) is 2.93. The number of hydrogen-bond acceptors (Lipinski definition) is 5. The second-order valence-electron chi connectivity index (χ2n) is 8.99. The molecule has 0 atom stereocenters. The monoisotopic (exact) mass is 462 g/mol. The van der Waals surface area contributed by atoms with Crippen LogP contribution >= 0.6 is 0 Å². The zero-order valence-electron chi connectivity index (χ0n) is 19.8. The number of nitrogen functional groups attached to an aromatic ring is 1. The van der Waals surface area contributed by atoms with Gasteiger partial charge in [0.1, 0.15) is 11.4 Å². The van der Waals surface area contributed by atoms with E-state index in [-0.39, 0.29) is 29.8 Å². The fourth-order valence-corrected chi connectivity index (χ4v) is 4.32. The van der Waals surface area contributed by atoms with Gasteiger partial charge in [0.2, 0.25) is 5.91 Å². The third-order valence-corrected chi connectivity index (χ3v) is 5.95. The number of furan rings is 1. The van der Waals surface area contributed by atoms with Crippen molar-refractivity contribution in [1.82, 2.24) is 9.55 Å². The summed E-state index contributed by atoms with van der Waals surface area (Å²) in [7, 11) is 0. The molecule has 0 saturated carbocycles. The molecule has 0 unspecified atom stereocenters. The van der Waals surface area contributed by atoms with Crippen molar-refractivity contribution in [1.29, 1.82) is 0 Å². The average Bonchev–Trinajstić information content (AvgIpc) is 3.21. The van der Waals surface area contributed by atoms with E-state index in [2.05, 4.69) is 4.98 Å². The Hall–Kier alpha value is -3.81. The number of hydrogen-bond donors (Lipinski definition) is 2. The summed E-state index contributed by atoms with van der Waals surface area (Å²) in [5.41, 5.74) is 6.54. The third-order valence-electron chi connectivity index (χ3n) is 5.95. The van der Waals surface area contributed by atoms with Crippen molar-refractivity contribution in [2.45, 2.75) is 46.6 Å². The van der Waals surface area contributed by atoms with Crippen molar-refractivity contribution in [2.75, 3.05) is 17.2 Å². The molecule has 0 aliphatic carbocycles. The lowest BCUT2D eigenvalue weighted by Crippen LogP contribution is -2.42. The predicted molar refractivity (Wildman–Crippen MR) is 135 cm³/mol. The van der Waals surface area contributed by atoms with Gasteiger partial charge in [-0.2, -0.15) is 0 Å². The van der Waals surface area contributed by atoms with E-state index in [0.717, 1.165) is 28.1 Å². The number of nitrogens with zero attached hydrogens (tertiary/aromatic N) is 2. The largest absolute Gasteiger partial charge is 0.464 e. The van der Waals surface area contributed by atoms with Crippen molar-refractivity contribution in [2.24, 2.45) is 5.92 Å². The summed E-state index contributed by atoms with van der Waals surface area (Å²) in [5.74, 6) is -0.144. The normalized spacial score (nSPS) is 11.5. The first kappa shape index (κ1) is 23.4. The lowest BCUT2D eigenvalue weighted by Gasteiger charge is -2.25. The number of aromatic nitrogens is 2. The first-order valence-electron chi connectivity index (χ1n) is 11.6. The van der Waals surface area contributed by atoms with Crippen molar-refractivity contribution >= 4 is 39.2 Å². The molecule has 0 bridgehead atoms. The van der Waals surface area contributed by atoms with Crippen LogP contribution in [0.5, 0.6) is 0 Å². The molecule has 3 N–H and O–H groups in total. The number of aromatic amines is 1. The lowest BCUT2D eigenvalue weighted by molar-refractivity contribution is -0.118. The van der Waals surface area contributed by atoms with E-state index in [1.165, 1.54) is 9.47 Å². The molecule has 8 heteroatoms.